The molecule has 15 heavy (non-hydrogen) atoms. The molecule has 0 aliphatic heterocycles. The highest BCUT2D eigenvalue weighted by Crippen LogP contribution is 2.19. The van der Waals surface area contributed by atoms with E-state index < -0.39 is 12.0 Å². The summed E-state index contributed by atoms with van der Waals surface area (Å²) in [5.41, 5.74) is 1.05. The molecule has 2 heterocycles. The summed E-state index contributed by atoms with van der Waals surface area (Å²) in [4.78, 5) is 14.1. The number of hydrogen-bond acceptors (Lipinski definition) is 3. The van der Waals surface area contributed by atoms with Crippen LogP contribution in [0.1, 0.15) is 23.8 Å². The number of carbonyl (C=O) groups is 1. The molecule has 80 valence electrons. The molecule has 1 N–H and O–H groups in total. The molecule has 4 nitrogen and oxygen atoms in total. The van der Waals surface area contributed by atoms with Gasteiger partial charge < -0.3 is 14.1 Å². The van der Waals surface area contributed by atoms with Crippen molar-refractivity contribution in [2.75, 3.05) is 6.61 Å². The molecule has 0 radical (unpaired) electrons. The third kappa shape index (κ3) is 1.86. The summed E-state index contributed by atoms with van der Waals surface area (Å²) in [5.74, 6) is -0.455. The number of ether oxygens (including phenoxy) is 1. The Morgan fingerprint density at radius 3 is 3.07 bits per heavy atom. The van der Waals surface area contributed by atoms with E-state index >= 15 is 0 Å². The Kier molecular flexibility index (Phi) is 2.45. The molecule has 0 saturated carbocycles. The van der Waals surface area contributed by atoms with Crippen molar-refractivity contribution in [1.29, 1.82) is 0 Å². The third-order valence-electron chi connectivity index (χ3n) is 1.93. The van der Waals surface area contributed by atoms with Gasteiger partial charge in [0.05, 0.1) is 12.1 Å². The van der Waals surface area contributed by atoms with Crippen molar-refractivity contribution in [2.24, 2.45) is 0 Å². The van der Waals surface area contributed by atoms with E-state index in [1.54, 1.807) is 0 Å². The molecule has 0 spiro atoms. The molecule has 0 fully saturated rings. The van der Waals surface area contributed by atoms with Crippen molar-refractivity contribution in [3.05, 3.63) is 23.8 Å². The minimum atomic E-state index is -0.676. The van der Waals surface area contributed by atoms with Crippen LogP contribution < -0.4 is 0 Å². The molecule has 0 aliphatic carbocycles. The number of aromatic amines is 1. The van der Waals surface area contributed by atoms with E-state index in [0.29, 0.717) is 17.7 Å². The van der Waals surface area contributed by atoms with Gasteiger partial charge in [0.2, 0.25) is 0 Å². The monoisotopic (exact) mass is 211 g/mol. The molecule has 0 aliphatic rings. The second-order valence-corrected chi connectivity index (χ2v) is 3.15. The maximum Gasteiger partial charge on any atom is 0.354 e. The first-order valence-corrected chi connectivity index (χ1v) is 4.66. The summed E-state index contributed by atoms with van der Waals surface area (Å²) in [6, 6.07) is 1.94. The molecular weight excluding hydrogens is 201 g/mol. The third-order valence-corrected chi connectivity index (χ3v) is 1.93. The van der Waals surface area contributed by atoms with Gasteiger partial charge in [0.15, 0.2) is 5.58 Å². The van der Waals surface area contributed by atoms with Crippen molar-refractivity contribution in [3.8, 4) is 0 Å². The first-order valence-electron chi connectivity index (χ1n) is 4.66. The van der Waals surface area contributed by atoms with Crippen LogP contribution in [0.15, 0.2) is 16.5 Å². The number of furan rings is 1. The quantitative estimate of drug-likeness (QED) is 0.793. The first kappa shape index (κ1) is 9.76. The van der Waals surface area contributed by atoms with Crippen molar-refractivity contribution < 1.29 is 18.3 Å². The van der Waals surface area contributed by atoms with Crippen LogP contribution in [0, 0.1) is 6.01 Å². The highest BCUT2D eigenvalue weighted by molar-refractivity contribution is 5.93. The summed E-state index contributed by atoms with van der Waals surface area (Å²) in [5, 5.41) is 0. The average Bonchev–Trinajstić information content (AvgIpc) is 2.70. The van der Waals surface area contributed by atoms with E-state index in [-0.39, 0.29) is 5.69 Å². The van der Waals surface area contributed by atoms with Gasteiger partial charge in [-0.05, 0) is 6.42 Å². The fourth-order valence-electron chi connectivity index (χ4n) is 1.27. The Morgan fingerprint density at radius 1 is 1.60 bits per heavy atom. The van der Waals surface area contributed by atoms with Crippen LogP contribution in [0.5, 0.6) is 0 Å². The number of fused-ring (bicyclic) bond motifs is 1. The molecule has 2 rings (SSSR count). The van der Waals surface area contributed by atoms with Gasteiger partial charge in [0.1, 0.15) is 5.69 Å². The predicted octanol–water partition coefficient (Wildman–Crippen LogP) is 2.47. The highest BCUT2D eigenvalue weighted by atomic mass is 19.1. The number of aromatic nitrogens is 1. The lowest BCUT2D eigenvalue weighted by Crippen LogP contribution is -2.05. The van der Waals surface area contributed by atoms with Crippen LogP contribution in [-0.4, -0.2) is 17.6 Å². The molecule has 0 amide bonds. The highest BCUT2D eigenvalue weighted by Gasteiger charge is 2.13. The largest absolute Gasteiger partial charge is 0.461 e. The fraction of sp³-hybridized carbons (Fsp3) is 0.300. The van der Waals surface area contributed by atoms with E-state index in [9.17, 15) is 9.18 Å². The Labute approximate surface area is 85.0 Å². The Morgan fingerprint density at radius 2 is 2.40 bits per heavy atom. The SMILES string of the molecule is CCCOC(=O)c1cc2oc(F)cc2[nH]1. The topological polar surface area (TPSA) is 55.2 Å². The standard InChI is InChI=1S/C10H10FNO3/c1-2-3-14-10(13)7-4-8-6(12-7)5-9(11)15-8/h4-5,12H,2-3H2,1H3. The minimum Gasteiger partial charge on any atom is -0.461 e. The zero-order valence-electron chi connectivity index (χ0n) is 8.17. The number of carbonyl (C=O) groups excluding carboxylic acids is 1. The van der Waals surface area contributed by atoms with Gasteiger partial charge in [0, 0.05) is 12.1 Å². The lowest BCUT2D eigenvalue weighted by Gasteiger charge is -1.99. The zero-order chi connectivity index (χ0) is 10.8. The maximum atomic E-state index is 12.6. The molecule has 0 unspecified atom stereocenters. The van der Waals surface area contributed by atoms with Crippen LogP contribution in [0.3, 0.4) is 0 Å². The van der Waals surface area contributed by atoms with Gasteiger partial charge >= 0.3 is 5.97 Å². The minimum absolute atomic E-state index is 0.275. The summed E-state index contributed by atoms with van der Waals surface area (Å²) in [7, 11) is 0. The second kappa shape index (κ2) is 3.76. The van der Waals surface area contributed by atoms with Crippen molar-refractivity contribution in [2.45, 2.75) is 13.3 Å². The van der Waals surface area contributed by atoms with E-state index in [0.717, 1.165) is 6.42 Å². The lowest BCUT2D eigenvalue weighted by molar-refractivity contribution is 0.0499. The molecule has 0 atom stereocenters. The van der Waals surface area contributed by atoms with Crippen LogP contribution in [0.25, 0.3) is 11.1 Å². The molecule has 0 saturated heterocycles. The van der Waals surface area contributed by atoms with Gasteiger partial charge in [-0.3, -0.25) is 0 Å². The molecule has 0 bridgehead atoms. The molecule has 5 heteroatoms. The zero-order valence-corrected chi connectivity index (χ0v) is 8.17. The van der Waals surface area contributed by atoms with Gasteiger partial charge in [-0.15, -0.1) is 0 Å². The van der Waals surface area contributed by atoms with Gasteiger partial charge in [-0.25, -0.2) is 4.79 Å². The molecule has 0 aromatic carbocycles. The van der Waals surface area contributed by atoms with E-state index in [1.165, 1.54) is 12.1 Å². The van der Waals surface area contributed by atoms with Gasteiger partial charge in [-0.2, -0.15) is 4.39 Å². The number of rotatable bonds is 3. The van der Waals surface area contributed by atoms with E-state index in [1.807, 2.05) is 6.92 Å². The Hall–Kier alpha value is -1.78. The average molecular weight is 211 g/mol. The number of esters is 1. The Balaban J connectivity index is 2.21. The summed E-state index contributed by atoms with van der Waals surface area (Å²) in [6.07, 6.45) is 0.761. The number of halogens is 1. The summed E-state index contributed by atoms with van der Waals surface area (Å²) in [6.45, 7) is 2.27. The first-order chi connectivity index (χ1) is 7.20. The Bertz CT molecular complexity index is 454. The normalized spacial score (nSPS) is 10.8. The fourth-order valence-corrected chi connectivity index (χ4v) is 1.27. The van der Waals surface area contributed by atoms with Crippen molar-refractivity contribution in [1.82, 2.24) is 4.98 Å². The second-order valence-electron chi connectivity index (χ2n) is 3.15. The van der Waals surface area contributed by atoms with Gasteiger partial charge in [-0.1, -0.05) is 6.92 Å². The van der Waals surface area contributed by atoms with Crippen LogP contribution in [0.4, 0.5) is 4.39 Å². The number of nitrogens with one attached hydrogen (secondary N) is 1. The smallest absolute Gasteiger partial charge is 0.354 e. The van der Waals surface area contributed by atoms with Crippen LogP contribution >= 0.6 is 0 Å². The summed E-state index contributed by atoms with van der Waals surface area (Å²) < 4.78 is 22.2. The van der Waals surface area contributed by atoms with E-state index in [2.05, 4.69) is 4.98 Å². The number of H-pyrrole nitrogens is 1. The lowest BCUT2D eigenvalue weighted by atomic mass is 10.4. The van der Waals surface area contributed by atoms with Crippen LogP contribution in [-0.2, 0) is 4.74 Å². The van der Waals surface area contributed by atoms with E-state index in [4.69, 9.17) is 9.15 Å². The van der Waals surface area contributed by atoms with Gasteiger partial charge in [0.25, 0.3) is 6.01 Å². The van der Waals surface area contributed by atoms with Crippen LogP contribution in [0.2, 0.25) is 0 Å². The van der Waals surface area contributed by atoms with Crippen molar-refractivity contribution in [3.63, 3.8) is 0 Å². The molecule has 2 aromatic heterocycles. The number of hydrogen-bond donors (Lipinski definition) is 1. The molecular formula is C10H10FNO3. The predicted molar refractivity (Wildman–Crippen MR) is 51.1 cm³/mol. The van der Waals surface area contributed by atoms with Crippen molar-refractivity contribution >= 4 is 17.1 Å². The maximum absolute atomic E-state index is 12.6. The molecule has 2 aromatic rings. The summed E-state index contributed by atoms with van der Waals surface area (Å²) >= 11 is 0.